The maximum absolute atomic E-state index is 12.5. The fraction of sp³-hybridized carbons (Fsp3) is 0.300. The Hall–Kier alpha value is -3.06. The van der Waals surface area contributed by atoms with E-state index in [0.29, 0.717) is 29.5 Å². The Balaban J connectivity index is 1.62. The molecule has 2 aromatic heterocycles. The lowest BCUT2D eigenvalue weighted by atomic mass is 10.2. The zero-order valence-corrected chi connectivity index (χ0v) is 15.5. The molecule has 0 spiro atoms. The highest BCUT2D eigenvalue weighted by Crippen LogP contribution is 2.23. The van der Waals surface area contributed by atoms with E-state index in [1.165, 1.54) is 0 Å². The number of ether oxygens (including phenoxy) is 1. The van der Waals surface area contributed by atoms with E-state index in [-0.39, 0.29) is 12.5 Å². The number of nitrogens with one attached hydrogen (secondary N) is 1. The van der Waals surface area contributed by atoms with Crippen molar-refractivity contribution in [3.05, 3.63) is 54.4 Å². The van der Waals surface area contributed by atoms with Gasteiger partial charge in [0, 0.05) is 12.6 Å². The summed E-state index contributed by atoms with van der Waals surface area (Å²) in [5.74, 6) is 1.73. The van der Waals surface area contributed by atoms with Crippen molar-refractivity contribution in [3.63, 3.8) is 0 Å². The minimum absolute atomic E-state index is 0.109. The SMILES string of the molecule is CCCN(CC(=O)Nc1ccccc1OC)Cc1cc(-c2ccco2)on1. The van der Waals surface area contributed by atoms with Crippen LogP contribution in [-0.4, -0.2) is 36.2 Å². The van der Waals surface area contributed by atoms with Crippen LogP contribution in [0.25, 0.3) is 11.5 Å². The summed E-state index contributed by atoms with van der Waals surface area (Å²) in [7, 11) is 1.58. The summed E-state index contributed by atoms with van der Waals surface area (Å²) in [5, 5.41) is 6.98. The van der Waals surface area contributed by atoms with Crippen molar-refractivity contribution < 1.29 is 18.5 Å². The summed E-state index contributed by atoms with van der Waals surface area (Å²) >= 11 is 0. The summed E-state index contributed by atoms with van der Waals surface area (Å²) in [6.07, 6.45) is 2.51. The first-order valence-electron chi connectivity index (χ1n) is 8.84. The van der Waals surface area contributed by atoms with Crippen molar-refractivity contribution in [2.24, 2.45) is 0 Å². The number of anilines is 1. The zero-order chi connectivity index (χ0) is 19.1. The summed E-state index contributed by atoms with van der Waals surface area (Å²) in [5.41, 5.74) is 1.41. The van der Waals surface area contributed by atoms with Crippen LogP contribution in [0.4, 0.5) is 5.69 Å². The molecule has 27 heavy (non-hydrogen) atoms. The van der Waals surface area contributed by atoms with Crippen LogP contribution in [-0.2, 0) is 11.3 Å². The number of rotatable bonds is 9. The Morgan fingerprint density at radius 3 is 2.81 bits per heavy atom. The summed E-state index contributed by atoms with van der Waals surface area (Å²) in [6.45, 7) is 3.59. The molecule has 0 aliphatic carbocycles. The van der Waals surface area contributed by atoms with E-state index < -0.39 is 0 Å². The molecule has 1 aromatic carbocycles. The molecular weight excluding hydrogens is 346 g/mol. The van der Waals surface area contributed by atoms with Crippen molar-refractivity contribution in [1.29, 1.82) is 0 Å². The van der Waals surface area contributed by atoms with E-state index in [1.807, 2.05) is 41.3 Å². The van der Waals surface area contributed by atoms with E-state index >= 15 is 0 Å². The Morgan fingerprint density at radius 2 is 2.07 bits per heavy atom. The predicted octanol–water partition coefficient (Wildman–Crippen LogP) is 3.79. The van der Waals surface area contributed by atoms with E-state index in [2.05, 4.69) is 17.4 Å². The molecule has 7 nitrogen and oxygen atoms in total. The molecule has 3 rings (SSSR count). The number of hydrogen-bond acceptors (Lipinski definition) is 6. The van der Waals surface area contributed by atoms with E-state index in [9.17, 15) is 4.79 Å². The third-order valence-corrected chi connectivity index (χ3v) is 4.00. The van der Waals surface area contributed by atoms with Gasteiger partial charge in [-0.3, -0.25) is 9.69 Å². The van der Waals surface area contributed by atoms with Crippen molar-refractivity contribution in [3.8, 4) is 17.3 Å². The number of amides is 1. The van der Waals surface area contributed by atoms with Crippen LogP contribution in [0, 0.1) is 0 Å². The fourth-order valence-corrected chi connectivity index (χ4v) is 2.82. The molecule has 0 aliphatic heterocycles. The van der Waals surface area contributed by atoms with Gasteiger partial charge in [-0.15, -0.1) is 0 Å². The third kappa shape index (κ3) is 4.98. The molecule has 1 N–H and O–H groups in total. The van der Waals surface area contributed by atoms with Gasteiger partial charge < -0.3 is 19.0 Å². The first kappa shape index (κ1) is 18.7. The number of carbonyl (C=O) groups excluding carboxylic acids is 1. The second-order valence-corrected chi connectivity index (χ2v) is 6.12. The molecule has 1 amide bonds. The highest BCUT2D eigenvalue weighted by atomic mass is 16.5. The maximum atomic E-state index is 12.5. The second kappa shape index (κ2) is 9.05. The molecule has 0 radical (unpaired) electrons. The van der Waals surface area contributed by atoms with Gasteiger partial charge in [-0.1, -0.05) is 24.2 Å². The fourth-order valence-electron chi connectivity index (χ4n) is 2.82. The minimum atomic E-state index is -0.109. The van der Waals surface area contributed by atoms with Gasteiger partial charge in [-0.25, -0.2) is 0 Å². The number of methoxy groups -OCH3 is 1. The van der Waals surface area contributed by atoms with Gasteiger partial charge in [0.1, 0.15) is 5.75 Å². The molecule has 3 aromatic rings. The lowest BCUT2D eigenvalue weighted by Crippen LogP contribution is -2.33. The molecule has 0 saturated carbocycles. The molecule has 0 atom stereocenters. The molecule has 142 valence electrons. The number of furan rings is 1. The van der Waals surface area contributed by atoms with Gasteiger partial charge in [-0.2, -0.15) is 0 Å². The van der Waals surface area contributed by atoms with Crippen LogP contribution in [0.2, 0.25) is 0 Å². The third-order valence-electron chi connectivity index (χ3n) is 4.00. The standard InChI is InChI=1S/C20H23N3O4/c1-3-10-23(13-15-12-19(27-22-15)18-9-6-11-26-18)14-20(24)21-16-7-4-5-8-17(16)25-2/h4-9,11-12H,3,10,13-14H2,1-2H3,(H,21,24). The second-order valence-electron chi connectivity index (χ2n) is 6.12. The van der Waals surface area contributed by atoms with Crippen molar-refractivity contribution in [1.82, 2.24) is 10.1 Å². The molecule has 0 saturated heterocycles. The molecule has 0 aliphatic rings. The monoisotopic (exact) mass is 369 g/mol. The van der Waals surface area contributed by atoms with Crippen LogP contribution in [0.3, 0.4) is 0 Å². The Labute approximate surface area is 157 Å². The van der Waals surface area contributed by atoms with Crippen LogP contribution < -0.4 is 10.1 Å². The number of aromatic nitrogens is 1. The molecule has 2 heterocycles. The Morgan fingerprint density at radius 1 is 1.22 bits per heavy atom. The van der Waals surface area contributed by atoms with Crippen LogP contribution in [0.1, 0.15) is 19.0 Å². The number of benzene rings is 1. The normalized spacial score (nSPS) is 10.9. The van der Waals surface area contributed by atoms with Crippen LogP contribution in [0.5, 0.6) is 5.75 Å². The lowest BCUT2D eigenvalue weighted by molar-refractivity contribution is -0.117. The smallest absolute Gasteiger partial charge is 0.238 e. The van der Waals surface area contributed by atoms with Crippen molar-refractivity contribution in [2.75, 3.05) is 25.5 Å². The first-order valence-corrected chi connectivity index (χ1v) is 8.84. The number of carbonyl (C=O) groups is 1. The zero-order valence-electron chi connectivity index (χ0n) is 15.5. The first-order chi connectivity index (χ1) is 13.2. The van der Waals surface area contributed by atoms with Crippen LogP contribution >= 0.6 is 0 Å². The molecule has 0 unspecified atom stereocenters. The van der Waals surface area contributed by atoms with Gasteiger partial charge >= 0.3 is 0 Å². The lowest BCUT2D eigenvalue weighted by Gasteiger charge is -2.20. The molecular formula is C20H23N3O4. The highest BCUT2D eigenvalue weighted by molar-refractivity contribution is 5.93. The van der Waals surface area contributed by atoms with Gasteiger partial charge in [0.05, 0.1) is 31.3 Å². The molecule has 0 bridgehead atoms. The number of hydrogen-bond donors (Lipinski definition) is 1. The molecule has 7 heteroatoms. The van der Waals surface area contributed by atoms with Crippen molar-refractivity contribution in [2.45, 2.75) is 19.9 Å². The molecule has 0 fully saturated rings. The highest BCUT2D eigenvalue weighted by Gasteiger charge is 2.16. The number of para-hydroxylation sites is 2. The quantitative estimate of drug-likeness (QED) is 0.618. The minimum Gasteiger partial charge on any atom is -0.495 e. The largest absolute Gasteiger partial charge is 0.495 e. The predicted molar refractivity (Wildman–Crippen MR) is 101 cm³/mol. The number of nitrogens with zero attached hydrogens (tertiary/aromatic N) is 2. The van der Waals surface area contributed by atoms with Crippen LogP contribution in [0.15, 0.2) is 57.7 Å². The summed E-state index contributed by atoms with van der Waals surface area (Å²) in [4.78, 5) is 14.5. The Bertz CT molecular complexity index is 858. The summed E-state index contributed by atoms with van der Waals surface area (Å²) < 4.78 is 15.9. The van der Waals surface area contributed by atoms with E-state index in [4.69, 9.17) is 13.7 Å². The van der Waals surface area contributed by atoms with Crippen molar-refractivity contribution >= 4 is 11.6 Å². The van der Waals surface area contributed by atoms with E-state index in [1.54, 1.807) is 19.4 Å². The van der Waals surface area contributed by atoms with E-state index in [0.717, 1.165) is 18.7 Å². The topological polar surface area (TPSA) is 80.7 Å². The Kier molecular flexibility index (Phi) is 6.27. The van der Waals surface area contributed by atoms with Gasteiger partial charge in [-0.05, 0) is 37.2 Å². The average Bonchev–Trinajstić information content (AvgIpc) is 3.34. The van der Waals surface area contributed by atoms with Gasteiger partial charge in [0.2, 0.25) is 11.7 Å². The van der Waals surface area contributed by atoms with Gasteiger partial charge in [0.15, 0.2) is 5.76 Å². The summed E-state index contributed by atoms with van der Waals surface area (Å²) in [6, 6.07) is 12.8. The maximum Gasteiger partial charge on any atom is 0.238 e. The van der Waals surface area contributed by atoms with Gasteiger partial charge in [0.25, 0.3) is 0 Å². The average molecular weight is 369 g/mol.